The van der Waals surface area contributed by atoms with E-state index in [9.17, 15) is 4.79 Å². The minimum atomic E-state index is 0.178. The number of aromatic nitrogens is 1. The number of hydrogen-bond acceptors (Lipinski definition) is 3. The van der Waals surface area contributed by atoms with E-state index >= 15 is 0 Å². The summed E-state index contributed by atoms with van der Waals surface area (Å²) in [6, 6.07) is 6.61. The van der Waals surface area contributed by atoms with Crippen LogP contribution in [-0.2, 0) is 6.54 Å². The molecule has 0 amide bonds. The van der Waals surface area contributed by atoms with Crippen molar-refractivity contribution in [1.29, 1.82) is 0 Å². The van der Waals surface area contributed by atoms with Crippen molar-refractivity contribution in [2.75, 3.05) is 25.5 Å². The van der Waals surface area contributed by atoms with Crippen LogP contribution in [0.1, 0.15) is 37.4 Å². The summed E-state index contributed by atoms with van der Waals surface area (Å²) in [6.07, 6.45) is 3.77. The molecular formula is C19H27N3O. The lowest BCUT2D eigenvalue weighted by Crippen LogP contribution is -2.38. The van der Waals surface area contributed by atoms with Crippen molar-refractivity contribution in [3.8, 4) is 0 Å². The Hall–Kier alpha value is -1.81. The molecule has 1 aliphatic rings. The topological polar surface area (TPSA) is 39.3 Å². The molecule has 0 spiro atoms. The van der Waals surface area contributed by atoms with Crippen LogP contribution in [0.3, 0.4) is 0 Å². The summed E-state index contributed by atoms with van der Waals surface area (Å²) in [7, 11) is 4.00. The Morgan fingerprint density at radius 2 is 2.09 bits per heavy atom. The van der Waals surface area contributed by atoms with Gasteiger partial charge in [-0.15, -0.1) is 0 Å². The zero-order valence-corrected chi connectivity index (χ0v) is 14.6. The number of fused-ring (bicyclic) bond motifs is 1. The number of piperidine rings is 1. The molecule has 4 heteroatoms. The quantitative estimate of drug-likeness (QED) is 0.945. The van der Waals surface area contributed by atoms with Crippen LogP contribution in [0.25, 0.3) is 10.9 Å². The Morgan fingerprint density at radius 1 is 1.30 bits per heavy atom. The summed E-state index contributed by atoms with van der Waals surface area (Å²) in [5.74, 6) is 0. The van der Waals surface area contributed by atoms with Gasteiger partial charge >= 0.3 is 0 Å². The van der Waals surface area contributed by atoms with E-state index in [0.717, 1.165) is 40.9 Å². The Bertz CT molecular complexity index is 763. The standard InChI is InChI=1S/C19H27N3O/c1-13-7-5-6-10-22(13)12-17-14(2)20-18-9-8-15(21(3)4)11-16(18)19(17)23/h8-9,11,13H,5-7,10,12H2,1-4H3,(H,20,23). The van der Waals surface area contributed by atoms with Gasteiger partial charge in [-0.05, 0) is 51.4 Å². The fraction of sp³-hybridized carbons (Fsp3) is 0.526. The molecule has 1 aromatic heterocycles. The van der Waals surface area contributed by atoms with Crippen LogP contribution >= 0.6 is 0 Å². The highest BCUT2D eigenvalue weighted by molar-refractivity contribution is 5.83. The first-order valence-corrected chi connectivity index (χ1v) is 8.54. The molecule has 0 aliphatic carbocycles. The van der Waals surface area contributed by atoms with Crippen molar-refractivity contribution in [2.24, 2.45) is 0 Å². The van der Waals surface area contributed by atoms with Gasteiger partial charge in [-0.2, -0.15) is 0 Å². The normalized spacial score (nSPS) is 19.2. The van der Waals surface area contributed by atoms with Gasteiger partial charge in [0.2, 0.25) is 0 Å². The van der Waals surface area contributed by atoms with Crippen LogP contribution in [0, 0.1) is 6.92 Å². The van der Waals surface area contributed by atoms with Gasteiger partial charge in [0.1, 0.15) is 0 Å². The van der Waals surface area contributed by atoms with E-state index < -0.39 is 0 Å². The molecular weight excluding hydrogens is 286 g/mol. The molecule has 23 heavy (non-hydrogen) atoms. The van der Waals surface area contributed by atoms with E-state index in [4.69, 9.17) is 0 Å². The van der Waals surface area contributed by atoms with Gasteiger partial charge in [0.15, 0.2) is 5.43 Å². The molecule has 1 fully saturated rings. The Morgan fingerprint density at radius 3 is 2.78 bits per heavy atom. The lowest BCUT2D eigenvalue weighted by Gasteiger charge is -2.33. The van der Waals surface area contributed by atoms with Crippen molar-refractivity contribution in [3.63, 3.8) is 0 Å². The average Bonchev–Trinajstić information content (AvgIpc) is 2.52. The van der Waals surface area contributed by atoms with Crippen molar-refractivity contribution in [2.45, 2.75) is 45.7 Å². The van der Waals surface area contributed by atoms with Crippen LogP contribution in [0.15, 0.2) is 23.0 Å². The monoisotopic (exact) mass is 313 g/mol. The first-order chi connectivity index (χ1) is 11.0. The third-order valence-electron chi connectivity index (χ3n) is 5.11. The molecule has 1 atom stereocenters. The summed E-state index contributed by atoms with van der Waals surface area (Å²) < 4.78 is 0. The number of aryl methyl sites for hydroxylation is 1. The minimum Gasteiger partial charge on any atom is -0.378 e. The maximum absolute atomic E-state index is 13.0. The first-order valence-electron chi connectivity index (χ1n) is 8.54. The molecule has 0 bridgehead atoms. The highest BCUT2D eigenvalue weighted by atomic mass is 16.1. The van der Waals surface area contributed by atoms with Crippen LogP contribution in [0.4, 0.5) is 5.69 Å². The van der Waals surface area contributed by atoms with Gasteiger partial charge in [0.05, 0.1) is 0 Å². The maximum Gasteiger partial charge on any atom is 0.194 e. The van der Waals surface area contributed by atoms with E-state index in [1.54, 1.807) is 0 Å². The molecule has 2 aromatic rings. The van der Waals surface area contributed by atoms with Gasteiger partial charge in [0, 0.05) is 54.5 Å². The SMILES string of the molecule is Cc1[nH]c2ccc(N(C)C)cc2c(=O)c1CN1CCCCC1C. The van der Waals surface area contributed by atoms with E-state index in [1.165, 1.54) is 19.3 Å². The number of H-pyrrole nitrogens is 1. The number of nitrogens with zero attached hydrogens (tertiary/aromatic N) is 2. The van der Waals surface area contributed by atoms with Crippen LogP contribution in [-0.4, -0.2) is 36.6 Å². The first kappa shape index (κ1) is 16.1. The van der Waals surface area contributed by atoms with E-state index in [1.807, 2.05) is 44.1 Å². The third-order valence-corrected chi connectivity index (χ3v) is 5.11. The number of nitrogens with one attached hydrogen (secondary N) is 1. The molecule has 2 heterocycles. The summed E-state index contributed by atoms with van der Waals surface area (Å²) in [4.78, 5) is 20.9. The molecule has 1 aliphatic heterocycles. The number of likely N-dealkylation sites (tertiary alicyclic amines) is 1. The van der Waals surface area contributed by atoms with Gasteiger partial charge in [-0.1, -0.05) is 6.42 Å². The lowest BCUT2D eigenvalue weighted by atomic mass is 10.0. The zero-order valence-electron chi connectivity index (χ0n) is 14.6. The van der Waals surface area contributed by atoms with Crippen molar-refractivity contribution < 1.29 is 0 Å². The smallest absolute Gasteiger partial charge is 0.194 e. The number of aromatic amines is 1. The summed E-state index contributed by atoms with van der Waals surface area (Å²) >= 11 is 0. The Labute approximate surface area is 138 Å². The predicted octanol–water partition coefficient (Wildman–Crippen LogP) is 3.28. The molecule has 124 valence electrons. The Kier molecular flexibility index (Phi) is 4.44. The van der Waals surface area contributed by atoms with Crippen LogP contribution < -0.4 is 10.3 Å². The lowest BCUT2D eigenvalue weighted by molar-refractivity contribution is 0.152. The van der Waals surface area contributed by atoms with Gasteiger partial charge in [-0.25, -0.2) is 0 Å². The minimum absolute atomic E-state index is 0.178. The molecule has 1 aromatic carbocycles. The van der Waals surface area contributed by atoms with E-state index in [2.05, 4.69) is 16.8 Å². The van der Waals surface area contributed by atoms with Crippen molar-refractivity contribution >= 4 is 16.6 Å². The second kappa shape index (κ2) is 6.36. The van der Waals surface area contributed by atoms with Crippen molar-refractivity contribution in [3.05, 3.63) is 39.7 Å². The van der Waals surface area contributed by atoms with Crippen molar-refractivity contribution in [1.82, 2.24) is 9.88 Å². The zero-order chi connectivity index (χ0) is 16.6. The van der Waals surface area contributed by atoms with Gasteiger partial charge in [0.25, 0.3) is 0 Å². The molecule has 1 unspecified atom stereocenters. The predicted molar refractivity (Wildman–Crippen MR) is 97.4 cm³/mol. The molecule has 1 saturated heterocycles. The fourth-order valence-electron chi connectivity index (χ4n) is 3.50. The van der Waals surface area contributed by atoms with E-state index in [0.29, 0.717) is 6.04 Å². The molecule has 0 saturated carbocycles. The van der Waals surface area contributed by atoms with E-state index in [-0.39, 0.29) is 5.43 Å². The molecule has 1 N–H and O–H groups in total. The second-order valence-corrected chi connectivity index (χ2v) is 7.00. The summed E-state index contributed by atoms with van der Waals surface area (Å²) in [5, 5.41) is 0.793. The van der Waals surface area contributed by atoms with Crippen LogP contribution in [0.5, 0.6) is 0 Å². The number of rotatable bonds is 3. The molecule has 3 rings (SSSR count). The number of hydrogen-bond donors (Lipinski definition) is 1. The second-order valence-electron chi connectivity index (χ2n) is 7.00. The molecule has 4 nitrogen and oxygen atoms in total. The van der Waals surface area contributed by atoms with Crippen LogP contribution in [0.2, 0.25) is 0 Å². The van der Waals surface area contributed by atoms with Gasteiger partial charge in [-0.3, -0.25) is 9.69 Å². The highest BCUT2D eigenvalue weighted by Crippen LogP contribution is 2.22. The number of pyridine rings is 1. The summed E-state index contributed by atoms with van der Waals surface area (Å²) in [5.41, 5.74) is 4.08. The fourth-order valence-corrected chi connectivity index (χ4v) is 3.50. The highest BCUT2D eigenvalue weighted by Gasteiger charge is 2.21. The largest absolute Gasteiger partial charge is 0.378 e. The number of anilines is 1. The van der Waals surface area contributed by atoms with Gasteiger partial charge < -0.3 is 9.88 Å². The maximum atomic E-state index is 13.0. The average molecular weight is 313 g/mol. The number of benzene rings is 1. The summed E-state index contributed by atoms with van der Waals surface area (Å²) in [6.45, 7) is 6.14. The Balaban J connectivity index is 2.04. The molecule has 0 radical (unpaired) electrons. The third kappa shape index (κ3) is 3.13.